The molecule has 0 amide bonds. The number of hydrogen-bond acceptors (Lipinski definition) is 1. The van der Waals surface area contributed by atoms with Crippen LogP contribution in [0.25, 0.3) is 0 Å². The molecule has 0 bridgehead atoms. The van der Waals surface area contributed by atoms with E-state index in [-0.39, 0.29) is 11.7 Å². The number of Topliss-reactive ketones (excluding diaryl/α,β-unsaturated/α-hetero) is 1. The number of ketones is 1. The second kappa shape index (κ2) is 5.72. The van der Waals surface area contributed by atoms with Crippen LogP contribution in [-0.2, 0) is 0 Å². The Morgan fingerprint density at radius 2 is 2.00 bits per heavy atom. The van der Waals surface area contributed by atoms with Gasteiger partial charge in [0.05, 0.1) is 5.88 Å². The van der Waals surface area contributed by atoms with Crippen molar-refractivity contribution in [3.8, 4) is 0 Å². The normalized spacial score (nSPS) is 13.1. The highest BCUT2D eigenvalue weighted by Crippen LogP contribution is 2.28. The molecule has 96 valence electrons. The van der Waals surface area contributed by atoms with E-state index in [1.54, 1.807) is 0 Å². The summed E-state index contributed by atoms with van der Waals surface area (Å²) in [7, 11) is 0. The Kier molecular flexibility index (Phi) is 4.81. The van der Waals surface area contributed by atoms with E-state index in [4.69, 9.17) is 11.6 Å². The van der Waals surface area contributed by atoms with E-state index < -0.39 is 0 Å². The summed E-state index contributed by atoms with van der Waals surface area (Å²) in [6, 6.07) is 2.41. The van der Waals surface area contributed by atoms with E-state index >= 15 is 0 Å². The Morgan fingerprint density at radius 1 is 1.41 bits per heavy atom. The third-order valence-corrected chi connectivity index (χ3v) is 3.67. The van der Waals surface area contributed by atoms with Gasteiger partial charge < -0.3 is 4.57 Å². The smallest absolute Gasteiger partial charge is 0.179 e. The van der Waals surface area contributed by atoms with Crippen molar-refractivity contribution in [2.45, 2.75) is 47.1 Å². The van der Waals surface area contributed by atoms with Crippen molar-refractivity contribution < 1.29 is 4.79 Å². The highest BCUT2D eigenvalue weighted by molar-refractivity contribution is 6.30. The van der Waals surface area contributed by atoms with Gasteiger partial charge in [-0.25, -0.2) is 0 Å². The molecule has 0 aliphatic carbocycles. The molecule has 3 heteroatoms. The van der Waals surface area contributed by atoms with Gasteiger partial charge in [-0.3, -0.25) is 4.79 Å². The van der Waals surface area contributed by atoms with E-state index in [1.807, 2.05) is 13.0 Å². The first-order valence-corrected chi connectivity index (χ1v) is 6.75. The van der Waals surface area contributed by atoms with Gasteiger partial charge in [0.2, 0.25) is 0 Å². The van der Waals surface area contributed by atoms with Gasteiger partial charge in [0, 0.05) is 23.0 Å². The second-order valence-electron chi connectivity index (χ2n) is 4.93. The van der Waals surface area contributed by atoms with Gasteiger partial charge in [0.1, 0.15) is 0 Å². The maximum Gasteiger partial charge on any atom is 0.179 e. The number of halogens is 1. The molecule has 0 N–H and O–H groups in total. The summed E-state index contributed by atoms with van der Waals surface area (Å²) in [5, 5.41) is 0. The molecule has 0 saturated carbocycles. The molecule has 17 heavy (non-hydrogen) atoms. The molecule has 1 aromatic rings. The van der Waals surface area contributed by atoms with E-state index in [9.17, 15) is 4.79 Å². The van der Waals surface area contributed by atoms with Crippen molar-refractivity contribution in [1.29, 1.82) is 0 Å². The molecule has 0 aliphatic heterocycles. The van der Waals surface area contributed by atoms with Gasteiger partial charge in [0.15, 0.2) is 5.78 Å². The quantitative estimate of drug-likeness (QED) is 0.573. The summed E-state index contributed by atoms with van der Waals surface area (Å²) >= 11 is 5.64. The summed E-state index contributed by atoms with van der Waals surface area (Å²) in [5.41, 5.74) is 2.97. The zero-order valence-electron chi connectivity index (χ0n) is 11.4. The van der Waals surface area contributed by atoms with Gasteiger partial charge in [-0.05, 0) is 32.3 Å². The van der Waals surface area contributed by atoms with Crippen molar-refractivity contribution in [3.05, 3.63) is 23.0 Å². The Bertz CT molecular complexity index is 407. The molecule has 1 atom stereocenters. The molecule has 1 aromatic heterocycles. The van der Waals surface area contributed by atoms with Crippen LogP contribution >= 0.6 is 11.6 Å². The van der Waals surface area contributed by atoms with E-state index in [2.05, 4.69) is 32.3 Å². The predicted octanol–water partition coefficient (Wildman–Crippen LogP) is 4.13. The van der Waals surface area contributed by atoms with Crippen LogP contribution in [0.1, 0.15) is 55.0 Å². The fourth-order valence-corrected chi connectivity index (χ4v) is 2.74. The lowest BCUT2D eigenvalue weighted by Gasteiger charge is -2.25. The molecular formula is C14H22ClNO. The highest BCUT2D eigenvalue weighted by Gasteiger charge is 2.21. The molecule has 1 rings (SSSR count). The van der Waals surface area contributed by atoms with E-state index in [0.717, 1.165) is 23.4 Å². The molecule has 0 spiro atoms. The molecule has 2 nitrogen and oxygen atoms in total. The lowest BCUT2D eigenvalue weighted by molar-refractivity contribution is 0.102. The summed E-state index contributed by atoms with van der Waals surface area (Å²) in [6.45, 7) is 10.7. The Balaban J connectivity index is 3.25. The third-order valence-electron chi connectivity index (χ3n) is 3.43. The lowest BCUT2D eigenvalue weighted by Crippen LogP contribution is -2.17. The zero-order valence-corrected chi connectivity index (χ0v) is 12.1. The van der Waals surface area contributed by atoms with Crippen LogP contribution in [0.15, 0.2) is 6.07 Å². The molecule has 1 heterocycles. The first kappa shape index (κ1) is 14.3. The van der Waals surface area contributed by atoms with Crippen LogP contribution in [0.3, 0.4) is 0 Å². The fraction of sp³-hybridized carbons (Fsp3) is 0.643. The van der Waals surface area contributed by atoms with Crippen LogP contribution < -0.4 is 0 Å². The number of hydrogen-bond donors (Lipinski definition) is 0. The largest absolute Gasteiger partial charge is 0.345 e. The van der Waals surface area contributed by atoms with Gasteiger partial charge in [0.25, 0.3) is 0 Å². The second-order valence-corrected chi connectivity index (χ2v) is 5.20. The maximum absolute atomic E-state index is 11.7. The Morgan fingerprint density at radius 3 is 2.41 bits per heavy atom. The zero-order chi connectivity index (χ0) is 13.2. The van der Waals surface area contributed by atoms with Gasteiger partial charge in [-0.15, -0.1) is 11.6 Å². The average molecular weight is 256 g/mol. The number of carbonyl (C=O) groups excluding carboxylic acids is 1. The van der Waals surface area contributed by atoms with Gasteiger partial charge in [-0.1, -0.05) is 20.8 Å². The molecule has 0 saturated heterocycles. The summed E-state index contributed by atoms with van der Waals surface area (Å²) in [4.78, 5) is 11.7. The Hall–Kier alpha value is -0.760. The third kappa shape index (κ3) is 2.74. The number of alkyl halides is 1. The molecule has 0 radical (unpaired) electrons. The minimum Gasteiger partial charge on any atom is -0.345 e. The minimum atomic E-state index is 0.0182. The summed E-state index contributed by atoms with van der Waals surface area (Å²) < 4.78 is 2.28. The number of aromatic nitrogens is 1. The molecule has 0 aliphatic rings. The molecule has 1 unspecified atom stereocenters. The van der Waals surface area contributed by atoms with E-state index in [1.165, 1.54) is 0 Å². The van der Waals surface area contributed by atoms with Crippen LogP contribution in [0.5, 0.6) is 0 Å². The lowest BCUT2D eigenvalue weighted by atomic mass is 10.0. The van der Waals surface area contributed by atoms with Gasteiger partial charge in [-0.2, -0.15) is 0 Å². The van der Waals surface area contributed by atoms with Crippen molar-refractivity contribution in [1.82, 2.24) is 4.57 Å². The van der Waals surface area contributed by atoms with Crippen LogP contribution in [0.4, 0.5) is 0 Å². The first-order chi connectivity index (χ1) is 7.93. The molecule has 0 fully saturated rings. The minimum absolute atomic E-state index is 0.0182. The monoisotopic (exact) mass is 255 g/mol. The standard InChI is InChI=1S/C14H22ClNO/c1-6-13(9(2)3)16-10(4)7-12(11(16)5)14(17)8-15/h7,9,13H,6,8H2,1-5H3. The van der Waals surface area contributed by atoms with Crippen molar-refractivity contribution in [2.24, 2.45) is 5.92 Å². The van der Waals surface area contributed by atoms with Gasteiger partial charge >= 0.3 is 0 Å². The maximum atomic E-state index is 11.7. The van der Waals surface area contributed by atoms with Crippen LogP contribution in [0, 0.1) is 19.8 Å². The Labute approximate surface area is 109 Å². The van der Waals surface area contributed by atoms with Crippen molar-refractivity contribution in [3.63, 3.8) is 0 Å². The number of nitrogens with zero attached hydrogens (tertiary/aromatic N) is 1. The van der Waals surface area contributed by atoms with Crippen LogP contribution in [0.2, 0.25) is 0 Å². The van der Waals surface area contributed by atoms with Crippen LogP contribution in [-0.4, -0.2) is 16.2 Å². The predicted molar refractivity (Wildman–Crippen MR) is 73.1 cm³/mol. The van der Waals surface area contributed by atoms with Crippen molar-refractivity contribution >= 4 is 17.4 Å². The number of aryl methyl sites for hydroxylation is 1. The molecule has 0 aromatic carbocycles. The summed E-state index contributed by atoms with van der Waals surface area (Å²) in [6.07, 6.45) is 1.07. The molecular weight excluding hydrogens is 234 g/mol. The number of carbonyl (C=O) groups is 1. The number of rotatable bonds is 5. The first-order valence-electron chi connectivity index (χ1n) is 6.21. The fourth-order valence-electron chi connectivity index (χ4n) is 2.59. The summed E-state index contributed by atoms with van der Waals surface area (Å²) in [5.74, 6) is 0.636. The highest BCUT2D eigenvalue weighted by atomic mass is 35.5. The average Bonchev–Trinajstić information content (AvgIpc) is 2.56. The SMILES string of the molecule is CCC(C(C)C)n1c(C)cc(C(=O)CCl)c1C. The van der Waals surface area contributed by atoms with Crippen molar-refractivity contribution in [2.75, 3.05) is 5.88 Å². The topological polar surface area (TPSA) is 22.0 Å². The van der Waals surface area contributed by atoms with E-state index in [0.29, 0.717) is 12.0 Å².